The molecule has 0 aliphatic carbocycles. The molecule has 0 saturated carbocycles. The summed E-state index contributed by atoms with van der Waals surface area (Å²) in [6.45, 7) is 3.69. The van der Waals surface area contributed by atoms with Crippen LogP contribution in [0.3, 0.4) is 0 Å². The lowest BCUT2D eigenvalue weighted by molar-refractivity contribution is -0.140. The SMILES string of the molecule is CCCc1cc(C(=O)N2C[C@H]3CC[C@@H](C2)N(Cc2cscn2)C3=O)n[nH]1. The highest BCUT2D eigenvalue weighted by atomic mass is 32.1. The highest BCUT2D eigenvalue weighted by Gasteiger charge is 2.42. The second kappa shape index (κ2) is 7.19. The standard InChI is InChI=1S/C18H23N5O2S/c1-2-3-13-6-16(21-20-13)18(25)22-7-12-4-5-15(9-22)23(17(12)24)8-14-10-26-11-19-14/h6,10-12,15H,2-5,7-9H2,1H3,(H,20,21)/t12-,15+/m1/s1. The average Bonchev–Trinajstić information content (AvgIpc) is 3.24. The number of fused-ring (bicyclic) bond motifs is 4. The highest BCUT2D eigenvalue weighted by Crippen LogP contribution is 2.31. The lowest BCUT2D eigenvalue weighted by Gasteiger charge is -2.35. The number of rotatable bonds is 5. The molecule has 5 heterocycles. The molecule has 0 aromatic carbocycles. The van der Waals surface area contributed by atoms with Crippen LogP contribution in [-0.2, 0) is 17.8 Å². The van der Waals surface area contributed by atoms with Crippen LogP contribution < -0.4 is 0 Å². The van der Waals surface area contributed by atoms with E-state index < -0.39 is 0 Å². The number of nitrogens with one attached hydrogen (secondary N) is 1. The fraction of sp³-hybridized carbons (Fsp3) is 0.556. The maximum Gasteiger partial charge on any atom is 0.274 e. The molecule has 2 aromatic heterocycles. The third-order valence-corrected chi connectivity index (χ3v) is 5.90. The van der Waals surface area contributed by atoms with Gasteiger partial charge in [-0.25, -0.2) is 4.98 Å². The number of aromatic nitrogens is 3. The first-order valence-corrected chi connectivity index (χ1v) is 10.1. The Balaban J connectivity index is 1.51. The number of carbonyl (C=O) groups excluding carboxylic acids is 2. The Morgan fingerprint density at radius 3 is 3.04 bits per heavy atom. The molecule has 1 N–H and O–H groups in total. The number of piperidine rings is 1. The normalized spacial score (nSPS) is 22.7. The van der Waals surface area contributed by atoms with Crippen LogP contribution in [0, 0.1) is 5.92 Å². The lowest BCUT2D eigenvalue weighted by atomic mass is 9.94. The zero-order chi connectivity index (χ0) is 18.1. The molecule has 3 fully saturated rings. The van der Waals surface area contributed by atoms with Crippen molar-refractivity contribution in [2.75, 3.05) is 13.1 Å². The van der Waals surface area contributed by atoms with Crippen molar-refractivity contribution in [1.29, 1.82) is 0 Å². The van der Waals surface area contributed by atoms with E-state index in [0.717, 1.165) is 37.1 Å². The van der Waals surface area contributed by atoms with E-state index in [0.29, 0.717) is 25.3 Å². The molecule has 0 radical (unpaired) electrons. The van der Waals surface area contributed by atoms with E-state index in [-0.39, 0.29) is 23.8 Å². The Morgan fingerprint density at radius 1 is 1.38 bits per heavy atom. The monoisotopic (exact) mass is 373 g/mol. The van der Waals surface area contributed by atoms with E-state index in [1.54, 1.807) is 5.51 Å². The van der Waals surface area contributed by atoms with E-state index in [2.05, 4.69) is 22.1 Å². The van der Waals surface area contributed by atoms with E-state index in [9.17, 15) is 9.59 Å². The van der Waals surface area contributed by atoms with Gasteiger partial charge in [0.1, 0.15) is 5.69 Å². The van der Waals surface area contributed by atoms with Crippen LogP contribution in [-0.4, -0.2) is 55.9 Å². The molecule has 0 spiro atoms. The summed E-state index contributed by atoms with van der Waals surface area (Å²) in [5.74, 6) is -0.0487. The first-order valence-electron chi connectivity index (χ1n) is 9.16. The molecule has 138 valence electrons. The Kier molecular flexibility index (Phi) is 4.76. The first kappa shape index (κ1) is 17.2. The molecule has 0 unspecified atom stereocenters. The molecule has 2 aromatic rings. The molecule has 2 atom stereocenters. The summed E-state index contributed by atoms with van der Waals surface area (Å²) in [6.07, 6.45) is 3.67. The zero-order valence-electron chi connectivity index (χ0n) is 14.9. The molecule has 3 aliphatic heterocycles. The number of thiazole rings is 1. The van der Waals surface area contributed by atoms with Crippen LogP contribution in [0.25, 0.3) is 0 Å². The quantitative estimate of drug-likeness (QED) is 0.870. The molecular formula is C18H23N5O2S. The van der Waals surface area contributed by atoms with Crippen LogP contribution in [0.5, 0.6) is 0 Å². The Labute approximate surface area is 156 Å². The Morgan fingerprint density at radius 2 is 2.27 bits per heavy atom. The van der Waals surface area contributed by atoms with Gasteiger partial charge in [0.05, 0.1) is 23.7 Å². The number of aryl methyl sites for hydroxylation is 1. The van der Waals surface area contributed by atoms with Gasteiger partial charge in [0.2, 0.25) is 5.91 Å². The molecule has 7 nitrogen and oxygen atoms in total. The second-order valence-corrected chi connectivity index (χ2v) is 7.83. The number of nitrogens with zero attached hydrogens (tertiary/aromatic N) is 4. The topological polar surface area (TPSA) is 82.2 Å². The van der Waals surface area contributed by atoms with Crippen molar-refractivity contribution in [3.63, 3.8) is 0 Å². The zero-order valence-corrected chi connectivity index (χ0v) is 15.7. The van der Waals surface area contributed by atoms with Crippen molar-refractivity contribution in [3.05, 3.63) is 34.0 Å². The van der Waals surface area contributed by atoms with Crippen molar-refractivity contribution < 1.29 is 9.59 Å². The summed E-state index contributed by atoms with van der Waals surface area (Å²) in [5.41, 5.74) is 4.14. The number of H-pyrrole nitrogens is 1. The Bertz CT molecular complexity index is 787. The van der Waals surface area contributed by atoms with Crippen molar-refractivity contribution in [2.24, 2.45) is 5.92 Å². The maximum atomic E-state index is 12.9. The second-order valence-electron chi connectivity index (χ2n) is 7.11. The average molecular weight is 373 g/mol. The van der Waals surface area contributed by atoms with Gasteiger partial charge in [-0.1, -0.05) is 13.3 Å². The summed E-state index contributed by atoms with van der Waals surface area (Å²) in [4.78, 5) is 33.8. The van der Waals surface area contributed by atoms with Crippen LogP contribution in [0.4, 0.5) is 0 Å². The molecule has 26 heavy (non-hydrogen) atoms. The fourth-order valence-corrected chi connectivity index (χ4v) is 4.48. The molecule has 3 aliphatic rings. The minimum absolute atomic E-state index is 0.0564. The third kappa shape index (κ3) is 3.25. The number of carbonyl (C=O) groups is 2. The smallest absolute Gasteiger partial charge is 0.274 e. The lowest BCUT2D eigenvalue weighted by Crippen LogP contribution is -2.47. The van der Waals surface area contributed by atoms with Crippen LogP contribution >= 0.6 is 11.3 Å². The summed E-state index contributed by atoms with van der Waals surface area (Å²) in [7, 11) is 0. The van der Waals surface area contributed by atoms with Crippen LogP contribution in [0.1, 0.15) is 48.1 Å². The van der Waals surface area contributed by atoms with Crippen LogP contribution in [0.2, 0.25) is 0 Å². The number of hydrogen-bond donors (Lipinski definition) is 1. The van der Waals surface area contributed by atoms with E-state index >= 15 is 0 Å². The summed E-state index contributed by atoms with van der Waals surface area (Å²) in [5, 5.41) is 9.11. The predicted molar refractivity (Wildman–Crippen MR) is 97.7 cm³/mol. The molecule has 8 heteroatoms. The fourth-order valence-electron chi connectivity index (χ4n) is 3.94. The van der Waals surface area contributed by atoms with Gasteiger partial charge in [0.15, 0.2) is 0 Å². The minimum atomic E-state index is -0.120. The van der Waals surface area contributed by atoms with Gasteiger partial charge in [-0.2, -0.15) is 5.10 Å². The van der Waals surface area contributed by atoms with Crippen molar-refractivity contribution >= 4 is 23.2 Å². The Hall–Kier alpha value is -2.22. The van der Waals surface area contributed by atoms with Gasteiger partial charge >= 0.3 is 0 Å². The predicted octanol–water partition coefficient (Wildman–Crippen LogP) is 2.08. The minimum Gasteiger partial charge on any atom is -0.334 e. The molecule has 3 saturated heterocycles. The van der Waals surface area contributed by atoms with Crippen molar-refractivity contribution in [3.8, 4) is 0 Å². The maximum absolute atomic E-state index is 12.9. The van der Waals surface area contributed by atoms with E-state index in [1.165, 1.54) is 11.3 Å². The van der Waals surface area contributed by atoms with Crippen molar-refractivity contribution in [1.82, 2.24) is 25.0 Å². The molecule has 2 amide bonds. The van der Waals surface area contributed by atoms with Gasteiger partial charge in [0.25, 0.3) is 5.91 Å². The van der Waals surface area contributed by atoms with Crippen molar-refractivity contribution in [2.45, 2.75) is 45.2 Å². The molecule has 5 rings (SSSR count). The molecular weight excluding hydrogens is 350 g/mol. The molecule has 2 bridgehead atoms. The van der Waals surface area contributed by atoms with Gasteiger partial charge in [-0.15, -0.1) is 11.3 Å². The van der Waals surface area contributed by atoms with Gasteiger partial charge in [-0.3, -0.25) is 14.7 Å². The third-order valence-electron chi connectivity index (χ3n) is 5.27. The summed E-state index contributed by atoms with van der Waals surface area (Å²) >= 11 is 1.54. The van der Waals surface area contributed by atoms with Gasteiger partial charge in [-0.05, 0) is 25.3 Å². The number of hydrogen-bond acceptors (Lipinski definition) is 5. The van der Waals surface area contributed by atoms with Gasteiger partial charge < -0.3 is 9.80 Å². The number of aromatic amines is 1. The number of amides is 2. The van der Waals surface area contributed by atoms with Gasteiger partial charge in [0, 0.05) is 30.2 Å². The van der Waals surface area contributed by atoms with Crippen LogP contribution in [0.15, 0.2) is 17.0 Å². The van der Waals surface area contributed by atoms with E-state index in [4.69, 9.17) is 0 Å². The summed E-state index contributed by atoms with van der Waals surface area (Å²) < 4.78 is 0. The summed E-state index contributed by atoms with van der Waals surface area (Å²) in [6, 6.07) is 1.90. The van der Waals surface area contributed by atoms with E-state index in [1.807, 2.05) is 21.2 Å². The largest absolute Gasteiger partial charge is 0.334 e. The first-order chi connectivity index (χ1) is 12.7. The highest BCUT2D eigenvalue weighted by molar-refractivity contribution is 7.07.